The first-order chi connectivity index (χ1) is 8.36. The van der Waals surface area contributed by atoms with Gasteiger partial charge in [0.25, 0.3) is 0 Å². The van der Waals surface area contributed by atoms with E-state index in [0.717, 1.165) is 18.6 Å². The van der Waals surface area contributed by atoms with E-state index in [2.05, 4.69) is 9.80 Å². The quantitative estimate of drug-likeness (QED) is 0.786. The number of nitrogens with zero attached hydrogens (tertiary/aromatic N) is 2. The molecule has 98 valence electrons. The van der Waals surface area contributed by atoms with Gasteiger partial charge in [0.1, 0.15) is 0 Å². The molecule has 0 aliphatic carbocycles. The smallest absolute Gasteiger partial charge is 0.0471 e. The van der Waals surface area contributed by atoms with Crippen molar-refractivity contribution in [1.29, 1.82) is 0 Å². The van der Waals surface area contributed by atoms with Gasteiger partial charge in [0.05, 0.1) is 0 Å². The minimum Gasteiger partial charge on any atom is -0.396 e. The third-order valence-electron chi connectivity index (χ3n) is 5.06. The topological polar surface area (TPSA) is 26.7 Å². The highest BCUT2D eigenvalue weighted by molar-refractivity contribution is 4.93. The molecule has 0 aromatic carbocycles. The molecule has 3 atom stereocenters. The molecule has 0 saturated carbocycles. The van der Waals surface area contributed by atoms with Gasteiger partial charge in [-0.25, -0.2) is 0 Å². The molecule has 0 bridgehead atoms. The normalized spacial score (nSPS) is 40.4. The molecule has 0 radical (unpaired) electrons. The minimum atomic E-state index is 0.385. The molecule has 3 saturated heterocycles. The fraction of sp³-hybridized carbons (Fsp3) is 1.00. The van der Waals surface area contributed by atoms with Crippen molar-refractivity contribution >= 4 is 0 Å². The maximum Gasteiger partial charge on any atom is 0.0471 e. The van der Waals surface area contributed by atoms with Gasteiger partial charge in [-0.15, -0.1) is 0 Å². The van der Waals surface area contributed by atoms with Crippen LogP contribution in [0.3, 0.4) is 0 Å². The van der Waals surface area contributed by atoms with Gasteiger partial charge in [-0.05, 0) is 51.1 Å². The number of aliphatic hydroxyl groups excluding tert-OH is 1. The van der Waals surface area contributed by atoms with Crippen LogP contribution in [0.25, 0.3) is 0 Å². The standard InChI is InChI=1S/C14H26N2O/c17-11-12-4-3-7-15(9-12)14-8-13-5-1-2-6-16(13)10-14/h12-14,17H,1-11H2. The van der Waals surface area contributed by atoms with E-state index in [1.54, 1.807) is 0 Å². The Bertz CT molecular complexity index is 245. The second-order valence-electron chi connectivity index (χ2n) is 6.22. The van der Waals surface area contributed by atoms with Crippen LogP contribution in [0.1, 0.15) is 38.5 Å². The van der Waals surface area contributed by atoms with E-state index >= 15 is 0 Å². The SMILES string of the molecule is OCC1CCCN(C2CC3CCCCN3C2)C1. The molecule has 0 aromatic heterocycles. The van der Waals surface area contributed by atoms with Crippen LogP contribution in [0.15, 0.2) is 0 Å². The molecule has 0 amide bonds. The molecule has 0 aromatic rings. The van der Waals surface area contributed by atoms with E-state index in [-0.39, 0.29) is 0 Å². The van der Waals surface area contributed by atoms with E-state index in [1.807, 2.05) is 0 Å². The Kier molecular flexibility index (Phi) is 3.69. The lowest BCUT2D eigenvalue weighted by molar-refractivity contribution is 0.0894. The summed E-state index contributed by atoms with van der Waals surface area (Å²) < 4.78 is 0. The fourth-order valence-electron chi connectivity index (χ4n) is 4.07. The van der Waals surface area contributed by atoms with Crippen LogP contribution in [0.2, 0.25) is 0 Å². The molecule has 3 nitrogen and oxygen atoms in total. The Labute approximate surface area is 105 Å². The molecule has 3 heterocycles. The summed E-state index contributed by atoms with van der Waals surface area (Å²) in [7, 11) is 0. The van der Waals surface area contributed by atoms with Crippen molar-refractivity contribution < 1.29 is 5.11 Å². The molecule has 3 fully saturated rings. The van der Waals surface area contributed by atoms with Crippen molar-refractivity contribution in [2.45, 2.75) is 50.6 Å². The van der Waals surface area contributed by atoms with Gasteiger partial charge >= 0.3 is 0 Å². The van der Waals surface area contributed by atoms with Crippen molar-refractivity contribution in [2.24, 2.45) is 5.92 Å². The Hall–Kier alpha value is -0.120. The third-order valence-corrected chi connectivity index (χ3v) is 5.06. The Morgan fingerprint density at radius 1 is 0.882 bits per heavy atom. The maximum atomic E-state index is 9.32. The molecule has 3 unspecified atom stereocenters. The zero-order chi connectivity index (χ0) is 11.7. The van der Waals surface area contributed by atoms with Crippen LogP contribution >= 0.6 is 0 Å². The van der Waals surface area contributed by atoms with Crippen LogP contribution in [0.4, 0.5) is 0 Å². The second kappa shape index (κ2) is 5.25. The molecule has 3 rings (SSSR count). The summed E-state index contributed by atoms with van der Waals surface area (Å²) in [6.45, 7) is 5.42. The molecule has 3 aliphatic heterocycles. The Morgan fingerprint density at radius 2 is 1.71 bits per heavy atom. The molecular formula is C14H26N2O. The van der Waals surface area contributed by atoms with Gasteiger partial charge in [0.2, 0.25) is 0 Å². The highest BCUT2D eigenvalue weighted by Gasteiger charge is 2.37. The molecule has 17 heavy (non-hydrogen) atoms. The van der Waals surface area contributed by atoms with Crippen LogP contribution in [0, 0.1) is 5.92 Å². The van der Waals surface area contributed by atoms with E-state index in [9.17, 15) is 5.11 Å². The largest absolute Gasteiger partial charge is 0.396 e. The number of aliphatic hydroxyl groups is 1. The number of likely N-dealkylation sites (tertiary alicyclic amines) is 1. The lowest BCUT2D eigenvalue weighted by atomic mass is 9.96. The van der Waals surface area contributed by atoms with Crippen LogP contribution in [0.5, 0.6) is 0 Å². The van der Waals surface area contributed by atoms with Crippen molar-refractivity contribution in [3.63, 3.8) is 0 Å². The summed E-state index contributed by atoms with van der Waals surface area (Å²) in [5.74, 6) is 0.543. The first-order valence-corrected chi connectivity index (χ1v) is 7.46. The Balaban J connectivity index is 1.57. The number of fused-ring (bicyclic) bond motifs is 1. The number of rotatable bonds is 2. The van der Waals surface area contributed by atoms with Crippen LogP contribution in [-0.4, -0.2) is 59.8 Å². The third kappa shape index (κ3) is 2.51. The minimum absolute atomic E-state index is 0.385. The molecule has 0 spiro atoms. The molecule has 3 aliphatic rings. The van der Waals surface area contributed by atoms with Crippen molar-refractivity contribution in [3.8, 4) is 0 Å². The fourth-order valence-corrected chi connectivity index (χ4v) is 4.07. The predicted molar refractivity (Wildman–Crippen MR) is 69.0 cm³/mol. The zero-order valence-corrected chi connectivity index (χ0v) is 10.9. The summed E-state index contributed by atoms with van der Waals surface area (Å²) in [5.41, 5.74) is 0. The average Bonchev–Trinajstić information content (AvgIpc) is 2.82. The summed E-state index contributed by atoms with van der Waals surface area (Å²) in [6.07, 6.45) is 8.17. The van der Waals surface area contributed by atoms with Gasteiger partial charge in [0.15, 0.2) is 0 Å². The van der Waals surface area contributed by atoms with E-state index in [4.69, 9.17) is 0 Å². The van der Waals surface area contributed by atoms with E-state index in [1.165, 1.54) is 58.2 Å². The highest BCUT2D eigenvalue weighted by atomic mass is 16.3. The first kappa shape index (κ1) is 11.9. The predicted octanol–water partition coefficient (Wildman–Crippen LogP) is 1.32. The van der Waals surface area contributed by atoms with Gasteiger partial charge in [-0.2, -0.15) is 0 Å². The van der Waals surface area contributed by atoms with Gasteiger partial charge in [-0.1, -0.05) is 6.42 Å². The Morgan fingerprint density at radius 3 is 2.53 bits per heavy atom. The summed E-state index contributed by atoms with van der Waals surface area (Å²) in [5, 5.41) is 9.32. The summed E-state index contributed by atoms with van der Waals surface area (Å²) in [4.78, 5) is 5.39. The van der Waals surface area contributed by atoms with Crippen molar-refractivity contribution in [2.75, 3.05) is 32.8 Å². The van der Waals surface area contributed by atoms with Crippen molar-refractivity contribution in [3.05, 3.63) is 0 Å². The summed E-state index contributed by atoms with van der Waals surface area (Å²) >= 11 is 0. The number of hydrogen-bond donors (Lipinski definition) is 1. The lowest BCUT2D eigenvalue weighted by Gasteiger charge is -2.36. The van der Waals surface area contributed by atoms with E-state index in [0.29, 0.717) is 12.5 Å². The average molecular weight is 238 g/mol. The zero-order valence-electron chi connectivity index (χ0n) is 10.9. The van der Waals surface area contributed by atoms with Gasteiger partial charge in [0, 0.05) is 31.8 Å². The number of piperidine rings is 2. The van der Waals surface area contributed by atoms with E-state index < -0.39 is 0 Å². The van der Waals surface area contributed by atoms with Crippen LogP contribution < -0.4 is 0 Å². The highest BCUT2D eigenvalue weighted by Crippen LogP contribution is 2.31. The molecule has 3 heteroatoms. The van der Waals surface area contributed by atoms with Gasteiger partial charge < -0.3 is 5.11 Å². The van der Waals surface area contributed by atoms with Gasteiger partial charge in [-0.3, -0.25) is 9.80 Å². The second-order valence-corrected chi connectivity index (χ2v) is 6.22. The molecule has 1 N–H and O–H groups in total. The maximum absolute atomic E-state index is 9.32. The summed E-state index contributed by atoms with van der Waals surface area (Å²) in [6, 6.07) is 1.66. The lowest BCUT2D eigenvalue weighted by Crippen LogP contribution is -2.44. The number of hydrogen-bond acceptors (Lipinski definition) is 3. The van der Waals surface area contributed by atoms with Crippen molar-refractivity contribution in [1.82, 2.24) is 9.80 Å². The first-order valence-electron chi connectivity index (χ1n) is 7.46. The molecular weight excluding hydrogens is 212 g/mol. The van der Waals surface area contributed by atoms with Crippen LogP contribution in [-0.2, 0) is 0 Å². The monoisotopic (exact) mass is 238 g/mol.